The van der Waals surface area contributed by atoms with Crippen LogP contribution in [0.5, 0.6) is 11.5 Å². The number of fused-ring (bicyclic) bond motifs is 1. The lowest BCUT2D eigenvalue weighted by molar-refractivity contribution is 0.0329. The van der Waals surface area contributed by atoms with E-state index in [4.69, 9.17) is 14.2 Å². The highest BCUT2D eigenvalue weighted by Crippen LogP contribution is 2.35. The number of hydrogen-bond acceptors (Lipinski definition) is 4. The number of benzene rings is 1. The molecule has 1 aromatic carbocycles. The molecule has 4 heteroatoms. The van der Waals surface area contributed by atoms with E-state index < -0.39 is 0 Å². The van der Waals surface area contributed by atoms with Crippen molar-refractivity contribution in [1.29, 1.82) is 0 Å². The van der Waals surface area contributed by atoms with Gasteiger partial charge in [0.25, 0.3) is 0 Å². The molecule has 3 rings (SSSR count). The molecule has 1 aliphatic carbocycles. The Bertz CT molecular complexity index is 388. The number of rotatable bonds is 3. The lowest BCUT2D eigenvalue weighted by Crippen LogP contribution is -2.40. The quantitative estimate of drug-likeness (QED) is 0.847. The predicted octanol–water partition coefficient (Wildman–Crippen LogP) is 2.00. The molecule has 0 atom stereocenters. The van der Waals surface area contributed by atoms with E-state index in [0.717, 1.165) is 30.0 Å². The third-order valence-corrected chi connectivity index (χ3v) is 3.17. The van der Waals surface area contributed by atoms with Crippen molar-refractivity contribution in [2.45, 2.75) is 25.0 Å². The molecule has 1 saturated carbocycles. The molecule has 1 N–H and O–H groups in total. The molecule has 4 nitrogen and oxygen atoms in total. The van der Waals surface area contributed by atoms with Crippen LogP contribution in [0.1, 0.15) is 12.8 Å². The molecule has 0 radical (unpaired) electrons. The highest BCUT2D eigenvalue weighted by atomic mass is 16.7. The molecule has 0 aromatic heterocycles. The first-order valence-electron chi connectivity index (χ1n) is 5.54. The fourth-order valence-corrected chi connectivity index (χ4v) is 2.10. The van der Waals surface area contributed by atoms with E-state index in [0.29, 0.717) is 18.9 Å². The Hall–Kier alpha value is -1.42. The van der Waals surface area contributed by atoms with Crippen LogP contribution in [-0.4, -0.2) is 26.0 Å². The smallest absolute Gasteiger partial charge is 0.231 e. The zero-order valence-corrected chi connectivity index (χ0v) is 9.23. The number of anilines is 1. The molecule has 0 saturated heterocycles. The van der Waals surface area contributed by atoms with Gasteiger partial charge in [-0.05, 0) is 25.0 Å². The van der Waals surface area contributed by atoms with Crippen molar-refractivity contribution in [1.82, 2.24) is 0 Å². The van der Waals surface area contributed by atoms with Crippen molar-refractivity contribution < 1.29 is 14.2 Å². The summed E-state index contributed by atoms with van der Waals surface area (Å²) in [6, 6.07) is 6.47. The molecule has 86 valence electrons. The Morgan fingerprint density at radius 1 is 1.25 bits per heavy atom. The highest BCUT2D eigenvalue weighted by molar-refractivity contribution is 5.56. The van der Waals surface area contributed by atoms with Crippen LogP contribution in [0.2, 0.25) is 0 Å². The van der Waals surface area contributed by atoms with Crippen LogP contribution in [0.15, 0.2) is 18.2 Å². The Morgan fingerprint density at radius 3 is 2.88 bits per heavy atom. The number of methoxy groups -OCH3 is 1. The van der Waals surface area contributed by atoms with Gasteiger partial charge in [0.15, 0.2) is 11.5 Å². The van der Waals surface area contributed by atoms with Gasteiger partial charge in [0, 0.05) is 24.9 Å². The Balaban J connectivity index is 1.63. The molecule has 1 aliphatic heterocycles. The molecule has 16 heavy (non-hydrogen) atoms. The summed E-state index contributed by atoms with van der Waals surface area (Å²) in [7, 11) is 1.77. The molecular weight excluding hydrogens is 206 g/mol. The normalized spacial score (nSPS) is 26.3. The minimum atomic E-state index is 0.327. The van der Waals surface area contributed by atoms with Gasteiger partial charge in [0.1, 0.15) is 0 Å². The average Bonchev–Trinajstić information content (AvgIpc) is 2.69. The molecule has 0 amide bonds. The molecular formula is C12H15NO3. The highest BCUT2D eigenvalue weighted by Gasteiger charge is 2.29. The van der Waals surface area contributed by atoms with E-state index in [-0.39, 0.29) is 0 Å². The van der Waals surface area contributed by atoms with Crippen LogP contribution in [0, 0.1) is 0 Å². The maximum atomic E-state index is 5.33. The van der Waals surface area contributed by atoms with Crippen molar-refractivity contribution in [2.75, 3.05) is 19.2 Å². The molecule has 1 heterocycles. The summed E-state index contributed by atoms with van der Waals surface area (Å²) in [4.78, 5) is 0. The minimum Gasteiger partial charge on any atom is -0.454 e. The SMILES string of the molecule is COC1CC(Nc2ccc3c(c2)OCO3)C1. The van der Waals surface area contributed by atoms with Gasteiger partial charge in [-0.25, -0.2) is 0 Å². The molecule has 2 aliphatic rings. The zero-order valence-electron chi connectivity index (χ0n) is 9.23. The van der Waals surface area contributed by atoms with Gasteiger partial charge in [0.2, 0.25) is 6.79 Å². The predicted molar refractivity (Wildman–Crippen MR) is 60.0 cm³/mol. The summed E-state index contributed by atoms with van der Waals surface area (Å²) in [6.45, 7) is 0.327. The fraction of sp³-hybridized carbons (Fsp3) is 0.500. The molecule has 0 spiro atoms. The van der Waals surface area contributed by atoms with Gasteiger partial charge >= 0.3 is 0 Å². The molecule has 1 fully saturated rings. The van der Waals surface area contributed by atoms with Gasteiger partial charge in [-0.1, -0.05) is 0 Å². The van der Waals surface area contributed by atoms with Crippen LogP contribution >= 0.6 is 0 Å². The van der Waals surface area contributed by atoms with E-state index >= 15 is 0 Å². The number of ether oxygens (including phenoxy) is 3. The summed E-state index contributed by atoms with van der Waals surface area (Å²) >= 11 is 0. The lowest BCUT2D eigenvalue weighted by atomic mass is 9.89. The van der Waals surface area contributed by atoms with E-state index in [1.54, 1.807) is 7.11 Å². The second-order valence-corrected chi connectivity index (χ2v) is 4.24. The van der Waals surface area contributed by atoms with E-state index in [2.05, 4.69) is 5.32 Å². The fourth-order valence-electron chi connectivity index (χ4n) is 2.10. The van der Waals surface area contributed by atoms with Gasteiger partial charge < -0.3 is 19.5 Å². The van der Waals surface area contributed by atoms with Crippen molar-refractivity contribution in [3.05, 3.63) is 18.2 Å². The first-order chi connectivity index (χ1) is 7.85. The standard InChI is InChI=1S/C12H15NO3/c1-14-10-4-9(5-10)13-8-2-3-11-12(6-8)16-7-15-11/h2-3,6,9-10,13H,4-5,7H2,1H3. The van der Waals surface area contributed by atoms with Crippen LogP contribution in [-0.2, 0) is 4.74 Å². The lowest BCUT2D eigenvalue weighted by Gasteiger charge is -2.35. The molecule has 0 unspecified atom stereocenters. The summed E-state index contributed by atoms with van der Waals surface area (Å²) in [6.07, 6.45) is 2.57. The third-order valence-electron chi connectivity index (χ3n) is 3.17. The average molecular weight is 221 g/mol. The maximum absolute atomic E-state index is 5.33. The largest absolute Gasteiger partial charge is 0.454 e. The second-order valence-electron chi connectivity index (χ2n) is 4.24. The third kappa shape index (κ3) is 1.69. The monoisotopic (exact) mass is 221 g/mol. The van der Waals surface area contributed by atoms with Crippen LogP contribution in [0.4, 0.5) is 5.69 Å². The topological polar surface area (TPSA) is 39.7 Å². The Labute approximate surface area is 94.5 Å². The van der Waals surface area contributed by atoms with Gasteiger partial charge in [-0.3, -0.25) is 0 Å². The van der Waals surface area contributed by atoms with Crippen molar-refractivity contribution in [2.24, 2.45) is 0 Å². The van der Waals surface area contributed by atoms with Crippen LogP contribution < -0.4 is 14.8 Å². The van der Waals surface area contributed by atoms with Gasteiger partial charge in [-0.15, -0.1) is 0 Å². The van der Waals surface area contributed by atoms with Crippen molar-refractivity contribution >= 4 is 5.69 Å². The summed E-state index contributed by atoms with van der Waals surface area (Å²) in [5, 5.41) is 3.46. The maximum Gasteiger partial charge on any atom is 0.231 e. The summed E-state index contributed by atoms with van der Waals surface area (Å²) in [5.74, 6) is 1.65. The van der Waals surface area contributed by atoms with E-state index in [9.17, 15) is 0 Å². The van der Waals surface area contributed by atoms with Crippen LogP contribution in [0.25, 0.3) is 0 Å². The van der Waals surface area contributed by atoms with Crippen molar-refractivity contribution in [3.63, 3.8) is 0 Å². The summed E-state index contributed by atoms with van der Waals surface area (Å²) < 4.78 is 15.8. The zero-order chi connectivity index (χ0) is 11.0. The summed E-state index contributed by atoms with van der Waals surface area (Å²) in [5.41, 5.74) is 1.09. The second kappa shape index (κ2) is 3.87. The van der Waals surface area contributed by atoms with Crippen molar-refractivity contribution in [3.8, 4) is 11.5 Å². The molecule has 1 aromatic rings. The van der Waals surface area contributed by atoms with Gasteiger partial charge in [-0.2, -0.15) is 0 Å². The molecule has 0 bridgehead atoms. The van der Waals surface area contributed by atoms with E-state index in [1.165, 1.54) is 0 Å². The number of hydrogen-bond donors (Lipinski definition) is 1. The Kier molecular flexibility index (Phi) is 2.36. The van der Waals surface area contributed by atoms with Gasteiger partial charge in [0.05, 0.1) is 6.10 Å². The Morgan fingerprint density at radius 2 is 2.06 bits per heavy atom. The van der Waals surface area contributed by atoms with Crippen LogP contribution in [0.3, 0.4) is 0 Å². The minimum absolute atomic E-state index is 0.327. The first-order valence-corrected chi connectivity index (χ1v) is 5.54. The van der Waals surface area contributed by atoms with E-state index in [1.807, 2.05) is 18.2 Å². The first kappa shape index (κ1) is 9.78. The number of nitrogens with one attached hydrogen (secondary N) is 1.